The molecule has 1 aliphatic rings. The number of pyridine rings is 2. The van der Waals surface area contributed by atoms with Crippen LogP contribution in [0.1, 0.15) is 62.9 Å². The van der Waals surface area contributed by atoms with Gasteiger partial charge in [-0.2, -0.15) is 8.78 Å². The number of alkyl halides is 2. The molecule has 1 atom stereocenters. The Balaban J connectivity index is 1.77. The number of amides is 2. The number of anilines is 1. The molecule has 0 fully saturated rings. The van der Waals surface area contributed by atoms with E-state index in [9.17, 15) is 18.4 Å². The van der Waals surface area contributed by atoms with Crippen LogP contribution in [-0.2, 0) is 31.8 Å². The topological polar surface area (TPSA) is 124 Å². The minimum absolute atomic E-state index is 0.0420. The van der Waals surface area contributed by atoms with Gasteiger partial charge in [0, 0.05) is 45.3 Å². The molecule has 2 N–H and O–H groups in total. The molecule has 13 heteroatoms. The van der Waals surface area contributed by atoms with Crippen LogP contribution >= 0.6 is 0 Å². The third kappa shape index (κ3) is 10.4. The smallest absolute Gasteiger partial charge is 0.388 e. The van der Waals surface area contributed by atoms with Crippen LogP contribution < -0.4 is 15.4 Å². The molecule has 2 amide bonds. The van der Waals surface area contributed by atoms with Gasteiger partial charge >= 0.3 is 18.6 Å². The number of aromatic nitrogens is 2. The molecule has 2 aromatic rings. The van der Waals surface area contributed by atoms with Crippen molar-refractivity contribution in [1.82, 2.24) is 20.2 Å². The molecule has 0 radical (unpaired) electrons. The third-order valence-corrected chi connectivity index (χ3v) is 6.48. The molecule has 3 heterocycles. The summed E-state index contributed by atoms with van der Waals surface area (Å²) in [5.74, 6) is 0.0674. The van der Waals surface area contributed by atoms with E-state index in [1.165, 1.54) is 43.0 Å². The van der Waals surface area contributed by atoms with Crippen LogP contribution in [0.3, 0.4) is 0 Å². The number of nitrogens with zero attached hydrogens (tertiary/aromatic N) is 3. The highest BCUT2D eigenvalue weighted by atomic mass is 19.3. The van der Waals surface area contributed by atoms with Crippen LogP contribution in [0.15, 0.2) is 30.5 Å². The van der Waals surface area contributed by atoms with E-state index in [-0.39, 0.29) is 18.8 Å². The second kappa shape index (κ2) is 15.6. The predicted molar refractivity (Wildman–Crippen MR) is 151 cm³/mol. The maximum Gasteiger partial charge on any atom is 0.388 e. The Kier molecular flexibility index (Phi) is 12.2. The quantitative estimate of drug-likeness (QED) is 0.185. The summed E-state index contributed by atoms with van der Waals surface area (Å²) in [4.78, 5) is 36.5. The molecule has 0 bridgehead atoms. The number of fused-ring (bicyclic) bond motifs is 1. The van der Waals surface area contributed by atoms with Gasteiger partial charge in [0.05, 0.1) is 19.0 Å². The Morgan fingerprint density at radius 3 is 2.55 bits per heavy atom. The van der Waals surface area contributed by atoms with Crippen molar-refractivity contribution in [1.29, 1.82) is 0 Å². The molecule has 42 heavy (non-hydrogen) atoms. The second-order valence-corrected chi connectivity index (χ2v) is 10.8. The number of urea groups is 1. The molecule has 1 aliphatic heterocycles. The molecular weight excluding hydrogens is 552 g/mol. The van der Waals surface area contributed by atoms with Crippen molar-refractivity contribution in [3.63, 3.8) is 0 Å². The number of rotatable bonds is 14. The van der Waals surface area contributed by atoms with Crippen LogP contribution in [0.5, 0.6) is 5.88 Å². The number of ether oxygens (including phenoxy) is 4. The van der Waals surface area contributed by atoms with Gasteiger partial charge in [0.15, 0.2) is 6.29 Å². The summed E-state index contributed by atoms with van der Waals surface area (Å²) >= 11 is 0. The summed E-state index contributed by atoms with van der Waals surface area (Å²) in [5.41, 5.74) is 1.78. The zero-order valence-electron chi connectivity index (χ0n) is 24.8. The molecule has 1 unspecified atom stereocenters. The molecule has 232 valence electrons. The molecule has 11 nitrogen and oxygen atoms in total. The van der Waals surface area contributed by atoms with E-state index in [0.717, 1.165) is 30.9 Å². The number of halogens is 2. The van der Waals surface area contributed by atoms with Crippen LogP contribution in [0.4, 0.5) is 19.4 Å². The van der Waals surface area contributed by atoms with Crippen molar-refractivity contribution in [2.24, 2.45) is 0 Å². The summed E-state index contributed by atoms with van der Waals surface area (Å²) < 4.78 is 45.9. The van der Waals surface area contributed by atoms with E-state index < -0.39 is 36.5 Å². The highest BCUT2D eigenvalue weighted by Crippen LogP contribution is 2.28. The Morgan fingerprint density at radius 2 is 1.90 bits per heavy atom. The Hall–Kier alpha value is -3.58. The summed E-state index contributed by atoms with van der Waals surface area (Å²) in [6.45, 7) is 3.37. The first-order valence-corrected chi connectivity index (χ1v) is 13.9. The zero-order valence-corrected chi connectivity index (χ0v) is 24.8. The van der Waals surface area contributed by atoms with E-state index in [1.807, 2.05) is 6.07 Å². The predicted octanol–water partition coefficient (Wildman–Crippen LogP) is 4.47. The van der Waals surface area contributed by atoms with Crippen molar-refractivity contribution in [2.75, 3.05) is 39.2 Å². The molecule has 2 aromatic heterocycles. The van der Waals surface area contributed by atoms with Gasteiger partial charge in [0.1, 0.15) is 11.4 Å². The highest BCUT2D eigenvalue weighted by Gasteiger charge is 2.32. The van der Waals surface area contributed by atoms with Gasteiger partial charge in [-0.05, 0) is 63.6 Å². The Labute approximate surface area is 245 Å². The fourth-order valence-corrected chi connectivity index (χ4v) is 4.53. The minimum atomic E-state index is -3.04. The number of nitrogens with one attached hydrogen (secondary N) is 2. The fraction of sp³-hybridized carbons (Fsp3) is 0.586. The van der Waals surface area contributed by atoms with E-state index in [1.54, 1.807) is 20.8 Å². The fourth-order valence-electron chi connectivity index (χ4n) is 4.53. The number of esters is 1. The SMILES string of the molecule is COC(CN(C(=O)NCCCc1ccc2c(n1)NCCC2)C(CC(=O)OC(C)(C)C)c1ccc(OC(F)F)nc1)OC. The molecule has 0 spiro atoms. The van der Waals surface area contributed by atoms with Crippen molar-refractivity contribution >= 4 is 17.8 Å². The molecule has 0 aromatic carbocycles. The van der Waals surface area contributed by atoms with Gasteiger partial charge in [0.2, 0.25) is 5.88 Å². The third-order valence-electron chi connectivity index (χ3n) is 6.48. The number of hydrogen-bond donors (Lipinski definition) is 2. The lowest BCUT2D eigenvalue weighted by molar-refractivity contribution is -0.157. The monoisotopic (exact) mass is 593 g/mol. The molecule has 3 rings (SSSR count). The van der Waals surface area contributed by atoms with Gasteiger partial charge in [-0.15, -0.1) is 0 Å². The number of carbonyl (C=O) groups excluding carboxylic acids is 2. The number of aryl methyl sites for hydroxylation is 2. The molecule has 0 saturated heterocycles. The van der Waals surface area contributed by atoms with Gasteiger partial charge in [-0.1, -0.05) is 12.1 Å². The number of hydrogen-bond acceptors (Lipinski definition) is 9. The average molecular weight is 594 g/mol. The first-order chi connectivity index (χ1) is 20.0. The highest BCUT2D eigenvalue weighted by molar-refractivity contribution is 5.77. The summed E-state index contributed by atoms with van der Waals surface area (Å²) in [7, 11) is 2.87. The molecule has 0 saturated carbocycles. The maximum absolute atomic E-state index is 13.6. The second-order valence-electron chi connectivity index (χ2n) is 10.8. The van der Waals surface area contributed by atoms with Gasteiger partial charge in [-0.25, -0.2) is 14.8 Å². The van der Waals surface area contributed by atoms with Crippen LogP contribution in [0.2, 0.25) is 0 Å². The molecular formula is C29H41F2N5O6. The largest absolute Gasteiger partial charge is 0.460 e. The first-order valence-electron chi connectivity index (χ1n) is 13.9. The summed E-state index contributed by atoms with van der Waals surface area (Å²) in [6.07, 6.45) is 3.63. The van der Waals surface area contributed by atoms with Gasteiger partial charge in [0.25, 0.3) is 0 Å². The van der Waals surface area contributed by atoms with E-state index in [0.29, 0.717) is 24.9 Å². The van der Waals surface area contributed by atoms with E-state index in [2.05, 4.69) is 26.4 Å². The maximum atomic E-state index is 13.6. The van der Waals surface area contributed by atoms with Crippen molar-refractivity contribution in [3.05, 3.63) is 47.3 Å². The Morgan fingerprint density at radius 1 is 1.14 bits per heavy atom. The van der Waals surface area contributed by atoms with Gasteiger partial charge < -0.3 is 34.5 Å². The standard InChI is InChI=1S/C29H41F2N5O6/c1-29(2,3)42-24(37)16-22(20-11-13-23(34-17-20)41-27(30)31)36(18-25(39-4)40-5)28(38)33-15-7-9-21-12-10-19-8-6-14-32-26(19)35-21/h10-13,17,22,25,27H,6-9,14-16,18H2,1-5H3,(H,32,35)(H,33,38). The lowest BCUT2D eigenvalue weighted by atomic mass is 10.0. The lowest BCUT2D eigenvalue weighted by Gasteiger charge is -2.34. The van der Waals surface area contributed by atoms with Crippen LogP contribution in [0, 0.1) is 0 Å². The van der Waals surface area contributed by atoms with E-state index in [4.69, 9.17) is 19.2 Å². The number of methoxy groups -OCH3 is 2. The molecule has 0 aliphatic carbocycles. The lowest BCUT2D eigenvalue weighted by Crippen LogP contribution is -2.47. The Bertz CT molecular complexity index is 1160. The number of carbonyl (C=O) groups is 2. The zero-order chi connectivity index (χ0) is 30.7. The summed E-state index contributed by atoms with van der Waals surface area (Å²) in [5, 5.41) is 6.24. The average Bonchev–Trinajstić information content (AvgIpc) is 2.94. The van der Waals surface area contributed by atoms with Crippen LogP contribution in [-0.4, -0.2) is 79.2 Å². The van der Waals surface area contributed by atoms with E-state index >= 15 is 0 Å². The van der Waals surface area contributed by atoms with Crippen molar-refractivity contribution < 1.29 is 37.3 Å². The van der Waals surface area contributed by atoms with Gasteiger partial charge in [-0.3, -0.25) is 4.79 Å². The first kappa shape index (κ1) is 32.9. The van der Waals surface area contributed by atoms with Crippen LogP contribution in [0.25, 0.3) is 0 Å². The van der Waals surface area contributed by atoms with Crippen molar-refractivity contribution in [3.8, 4) is 5.88 Å². The van der Waals surface area contributed by atoms with Crippen molar-refractivity contribution in [2.45, 2.75) is 77.4 Å². The summed E-state index contributed by atoms with van der Waals surface area (Å²) in [6, 6.07) is 5.47. The normalized spacial score (nSPS) is 13.7. The minimum Gasteiger partial charge on any atom is -0.460 e.